The van der Waals surface area contributed by atoms with Crippen LogP contribution < -0.4 is 10.9 Å². The number of nitrogens with one attached hydrogen (secondary N) is 1. The van der Waals surface area contributed by atoms with Crippen molar-refractivity contribution in [3.8, 4) is 0 Å². The van der Waals surface area contributed by atoms with Crippen LogP contribution in [0.2, 0.25) is 0 Å². The first-order valence-electron chi connectivity index (χ1n) is 8.01. The predicted octanol–water partition coefficient (Wildman–Crippen LogP) is 3.08. The Morgan fingerprint density at radius 1 is 1.24 bits per heavy atom. The summed E-state index contributed by atoms with van der Waals surface area (Å²) in [4.78, 5) is 28.9. The highest BCUT2D eigenvalue weighted by atomic mass is 79.9. The molecule has 1 atom stereocenters. The Labute approximate surface area is 153 Å². The molecule has 1 aromatic heterocycles. The number of rotatable bonds is 5. The Bertz CT molecular complexity index is 954. The van der Waals surface area contributed by atoms with Crippen LogP contribution in [0, 0.1) is 0 Å². The highest BCUT2D eigenvalue weighted by molar-refractivity contribution is 9.10. The lowest BCUT2D eigenvalue weighted by Gasteiger charge is -2.13. The van der Waals surface area contributed by atoms with Gasteiger partial charge in [-0.05, 0) is 29.7 Å². The first kappa shape index (κ1) is 17.4. The van der Waals surface area contributed by atoms with Crippen molar-refractivity contribution in [1.82, 2.24) is 14.9 Å². The molecular weight excluding hydrogens is 382 g/mol. The largest absolute Gasteiger partial charge is 0.354 e. The normalized spacial score (nSPS) is 12.1. The number of halogens is 1. The maximum atomic E-state index is 12.5. The van der Waals surface area contributed by atoms with Gasteiger partial charge < -0.3 is 5.32 Å². The molecule has 0 aliphatic rings. The summed E-state index contributed by atoms with van der Waals surface area (Å²) in [6, 6.07) is 15.3. The third-order valence-electron chi connectivity index (χ3n) is 4.07. The summed E-state index contributed by atoms with van der Waals surface area (Å²) in [6.07, 6.45) is 1.42. The van der Waals surface area contributed by atoms with Crippen LogP contribution in [-0.4, -0.2) is 22.0 Å². The van der Waals surface area contributed by atoms with Crippen molar-refractivity contribution in [2.24, 2.45) is 0 Å². The molecule has 0 aliphatic carbocycles. The summed E-state index contributed by atoms with van der Waals surface area (Å²) in [6.45, 7) is 2.52. The topological polar surface area (TPSA) is 64.0 Å². The van der Waals surface area contributed by atoms with Crippen LogP contribution in [-0.2, 0) is 11.3 Å². The highest BCUT2D eigenvalue weighted by Gasteiger charge is 2.10. The number of benzene rings is 2. The summed E-state index contributed by atoms with van der Waals surface area (Å²) in [5.74, 6) is -0.00594. The molecule has 1 heterocycles. The minimum absolute atomic E-state index is 0.0458. The molecule has 1 N–H and O–H groups in total. The molecular formula is C19H18BrN3O2. The third-order valence-corrected chi connectivity index (χ3v) is 4.57. The van der Waals surface area contributed by atoms with E-state index in [-0.39, 0.29) is 23.9 Å². The van der Waals surface area contributed by atoms with Crippen molar-refractivity contribution in [2.75, 3.05) is 6.54 Å². The highest BCUT2D eigenvalue weighted by Crippen LogP contribution is 2.15. The van der Waals surface area contributed by atoms with Gasteiger partial charge in [0.1, 0.15) is 6.54 Å². The van der Waals surface area contributed by atoms with E-state index in [1.165, 1.54) is 10.9 Å². The number of hydrogen-bond donors (Lipinski definition) is 1. The molecule has 25 heavy (non-hydrogen) atoms. The zero-order valence-corrected chi connectivity index (χ0v) is 15.4. The minimum atomic E-state index is -0.224. The fraction of sp³-hybridized carbons (Fsp3) is 0.211. The molecule has 0 radical (unpaired) electrons. The van der Waals surface area contributed by atoms with Gasteiger partial charge in [0.15, 0.2) is 0 Å². The average molecular weight is 400 g/mol. The van der Waals surface area contributed by atoms with Crippen LogP contribution in [0.1, 0.15) is 18.4 Å². The lowest BCUT2D eigenvalue weighted by atomic mass is 10.0. The summed E-state index contributed by atoms with van der Waals surface area (Å²) < 4.78 is 2.13. The lowest BCUT2D eigenvalue weighted by Crippen LogP contribution is -2.34. The monoisotopic (exact) mass is 399 g/mol. The maximum absolute atomic E-state index is 12.5. The molecule has 0 aliphatic heterocycles. The number of amides is 1. The molecule has 3 rings (SSSR count). The van der Waals surface area contributed by atoms with E-state index in [0.717, 1.165) is 10.0 Å². The summed E-state index contributed by atoms with van der Waals surface area (Å²) >= 11 is 3.35. The van der Waals surface area contributed by atoms with Gasteiger partial charge in [0.2, 0.25) is 5.91 Å². The maximum Gasteiger partial charge on any atom is 0.261 e. The van der Waals surface area contributed by atoms with E-state index >= 15 is 0 Å². The SMILES string of the molecule is C[C@@H](CNC(=O)Cn1cnc2ccc(Br)cc2c1=O)c1ccccc1. The minimum Gasteiger partial charge on any atom is -0.354 e. The Morgan fingerprint density at radius 3 is 2.76 bits per heavy atom. The van der Waals surface area contributed by atoms with Gasteiger partial charge in [0, 0.05) is 11.0 Å². The van der Waals surface area contributed by atoms with Gasteiger partial charge in [-0.2, -0.15) is 0 Å². The Balaban J connectivity index is 1.68. The van der Waals surface area contributed by atoms with Gasteiger partial charge in [0.05, 0.1) is 17.2 Å². The van der Waals surface area contributed by atoms with E-state index in [0.29, 0.717) is 17.4 Å². The van der Waals surface area contributed by atoms with Gasteiger partial charge in [-0.1, -0.05) is 53.2 Å². The van der Waals surface area contributed by atoms with E-state index in [1.807, 2.05) is 36.4 Å². The number of carbonyl (C=O) groups excluding carboxylic acids is 1. The van der Waals surface area contributed by atoms with Crippen LogP contribution in [0.4, 0.5) is 0 Å². The standard InChI is InChI=1S/C19H18BrN3O2/c1-13(14-5-3-2-4-6-14)10-21-18(24)11-23-12-22-17-8-7-15(20)9-16(17)19(23)25/h2-9,12-13H,10-11H2,1H3,(H,21,24)/t13-/m0/s1. The Hall–Kier alpha value is -2.47. The van der Waals surface area contributed by atoms with Crippen molar-refractivity contribution in [2.45, 2.75) is 19.4 Å². The molecule has 1 amide bonds. The van der Waals surface area contributed by atoms with Crippen LogP contribution in [0.25, 0.3) is 10.9 Å². The van der Waals surface area contributed by atoms with Gasteiger partial charge in [-0.15, -0.1) is 0 Å². The van der Waals surface area contributed by atoms with Crippen molar-refractivity contribution in [3.05, 3.63) is 75.2 Å². The first-order valence-corrected chi connectivity index (χ1v) is 8.80. The molecule has 3 aromatic rings. The zero-order chi connectivity index (χ0) is 17.8. The van der Waals surface area contributed by atoms with Crippen LogP contribution in [0.15, 0.2) is 64.1 Å². The smallest absolute Gasteiger partial charge is 0.261 e. The van der Waals surface area contributed by atoms with E-state index in [1.54, 1.807) is 12.1 Å². The van der Waals surface area contributed by atoms with Gasteiger partial charge in [0.25, 0.3) is 5.56 Å². The first-order chi connectivity index (χ1) is 12.0. The molecule has 2 aromatic carbocycles. The fourth-order valence-electron chi connectivity index (χ4n) is 2.62. The summed E-state index contributed by atoms with van der Waals surface area (Å²) in [5.41, 5.74) is 1.55. The molecule has 0 unspecified atom stereocenters. The summed E-state index contributed by atoms with van der Waals surface area (Å²) in [5, 5.41) is 3.37. The zero-order valence-electron chi connectivity index (χ0n) is 13.8. The Kier molecular flexibility index (Phi) is 5.28. The summed E-state index contributed by atoms with van der Waals surface area (Å²) in [7, 11) is 0. The molecule has 128 valence electrons. The van der Waals surface area contributed by atoms with Crippen LogP contribution >= 0.6 is 15.9 Å². The van der Waals surface area contributed by atoms with Gasteiger partial charge in [-0.25, -0.2) is 4.98 Å². The Morgan fingerprint density at radius 2 is 2.00 bits per heavy atom. The van der Waals surface area contributed by atoms with E-state index < -0.39 is 0 Å². The second kappa shape index (κ2) is 7.61. The van der Waals surface area contributed by atoms with Crippen LogP contribution in [0.5, 0.6) is 0 Å². The number of hydrogen-bond acceptors (Lipinski definition) is 3. The lowest BCUT2D eigenvalue weighted by molar-refractivity contribution is -0.121. The second-order valence-corrected chi connectivity index (χ2v) is 6.87. The number of carbonyl (C=O) groups is 1. The molecule has 0 fully saturated rings. The molecule has 0 saturated carbocycles. The number of aromatic nitrogens is 2. The van der Waals surface area contributed by atoms with Crippen LogP contribution in [0.3, 0.4) is 0 Å². The fourth-order valence-corrected chi connectivity index (χ4v) is 2.98. The molecule has 0 bridgehead atoms. The van der Waals surface area contributed by atoms with Crippen molar-refractivity contribution in [3.63, 3.8) is 0 Å². The van der Waals surface area contributed by atoms with Gasteiger partial charge in [-0.3, -0.25) is 14.2 Å². The number of nitrogens with zero attached hydrogens (tertiary/aromatic N) is 2. The second-order valence-electron chi connectivity index (χ2n) is 5.95. The third kappa shape index (κ3) is 4.14. The van der Waals surface area contributed by atoms with E-state index in [4.69, 9.17) is 0 Å². The van der Waals surface area contributed by atoms with Crippen molar-refractivity contribution >= 4 is 32.7 Å². The molecule has 5 nitrogen and oxygen atoms in total. The number of fused-ring (bicyclic) bond motifs is 1. The predicted molar refractivity (Wildman–Crippen MR) is 102 cm³/mol. The van der Waals surface area contributed by atoms with Gasteiger partial charge >= 0.3 is 0 Å². The molecule has 0 saturated heterocycles. The molecule has 0 spiro atoms. The van der Waals surface area contributed by atoms with Crippen molar-refractivity contribution < 1.29 is 4.79 Å². The van der Waals surface area contributed by atoms with Crippen molar-refractivity contribution in [1.29, 1.82) is 0 Å². The molecule has 6 heteroatoms. The average Bonchev–Trinajstić information content (AvgIpc) is 2.63. The quantitative estimate of drug-likeness (QED) is 0.716. The van der Waals surface area contributed by atoms with E-state index in [2.05, 4.69) is 33.2 Å². The van der Waals surface area contributed by atoms with E-state index in [9.17, 15) is 9.59 Å².